The molecule has 2 atom stereocenters. The van der Waals surface area contributed by atoms with Crippen LogP contribution in [0, 0.1) is 0 Å². The minimum absolute atomic E-state index is 0.0602. The molecule has 1 fully saturated rings. The maximum atomic E-state index is 2.65. The van der Waals surface area contributed by atoms with Crippen LogP contribution >= 0.6 is 0 Å². The highest BCUT2D eigenvalue weighted by Crippen LogP contribution is 2.63. The predicted octanol–water partition coefficient (Wildman–Crippen LogP) is 11.1. The monoisotopic (exact) mass is 579 g/mol. The number of benzene rings is 6. The van der Waals surface area contributed by atoms with E-state index in [1.165, 1.54) is 80.7 Å². The van der Waals surface area contributed by atoms with E-state index in [2.05, 4.69) is 170 Å². The first-order valence-corrected chi connectivity index (χ1v) is 16.4. The summed E-state index contributed by atoms with van der Waals surface area (Å²) in [5.74, 6) is 0. The Labute approximate surface area is 266 Å². The second-order valence-electron chi connectivity index (χ2n) is 13.7. The van der Waals surface area contributed by atoms with Gasteiger partial charge in [0.05, 0.1) is 11.0 Å². The lowest BCUT2D eigenvalue weighted by atomic mass is 9.67. The molecule has 0 saturated heterocycles. The molecular weight excluding hydrogens is 542 g/mol. The van der Waals surface area contributed by atoms with Crippen LogP contribution < -0.4 is 4.90 Å². The number of para-hydroxylation sites is 1. The Kier molecular flexibility index (Phi) is 5.63. The van der Waals surface area contributed by atoms with Crippen LogP contribution in [-0.4, -0.2) is 5.54 Å². The smallest absolute Gasteiger partial charge is 0.0713 e. The van der Waals surface area contributed by atoms with Crippen molar-refractivity contribution in [1.82, 2.24) is 0 Å². The van der Waals surface area contributed by atoms with Gasteiger partial charge in [0.2, 0.25) is 0 Å². The molecule has 6 aromatic carbocycles. The van der Waals surface area contributed by atoms with Gasteiger partial charge in [-0.1, -0.05) is 135 Å². The van der Waals surface area contributed by atoms with Crippen molar-refractivity contribution in [2.45, 2.75) is 49.5 Å². The molecular formula is C44H37N. The Morgan fingerprint density at radius 3 is 1.73 bits per heavy atom. The molecule has 0 aromatic heterocycles. The van der Waals surface area contributed by atoms with Crippen molar-refractivity contribution in [2.75, 3.05) is 4.90 Å². The molecule has 1 heteroatoms. The van der Waals surface area contributed by atoms with Gasteiger partial charge in [0.15, 0.2) is 0 Å². The van der Waals surface area contributed by atoms with Crippen molar-refractivity contribution in [2.24, 2.45) is 0 Å². The SMILES string of the molecule is CC12CCCC1(C)N(c1ccccc1)c1ccc(-c3ccc4c(c3)C(c3ccccc3)(c3ccccc3)c3ccccc3-4)cc12. The van der Waals surface area contributed by atoms with E-state index in [-0.39, 0.29) is 16.4 Å². The third-order valence-electron chi connectivity index (χ3n) is 11.7. The molecule has 0 spiro atoms. The van der Waals surface area contributed by atoms with Crippen molar-refractivity contribution in [1.29, 1.82) is 0 Å². The van der Waals surface area contributed by atoms with Gasteiger partial charge in [0, 0.05) is 16.8 Å². The first-order chi connectivity index (χ1) is 22.1. The maximum Gasteiger partial charge on any atom is 0.0713 e. The Morgan fingerprint density at radius 2 is 1.04 bits per heavy atom. The van der Waals surface area contributed by atoms with Gasteiger partial charge in [-0.05, 0) is 100 Å². The van der Waals surface area contributed by atoms with Gasteiger partial charge in [0.1, 0.15) is 0 Å². The number of hydrogen-bond acceptors (Lipinski definition) is 1. The summed E-state index contributed by atoms with van der Waals surface area (Å²) in [6.45, 7) is 5.01. The van der Waals surface area contributed by atoms with Gasteiger partial charge in [-0.15, -0.1) is 0 Å². The summed E-state index contributed by atoms with van der Waals surface area (Å²) >= 11 is 0. The summed E-state index contributed by atoms with van der Waals surface area (Å²) in [6, 6.07) is 56.8. The minimum atomic E-state index is -0.388. The van der Waals surface area contributed by atoms with E-state index >= 15 is 0 Å². The standard InChI is InChI=1S/C44H37N/c1-42-27-14-28-43(42,2)45(35-19-10-5-11-20-35)41-26-24-32(30-40(41)42)31-23-25-37-36-21-12-13-22-38(36)44(39(37)29-31,33-15-6-3-7-16-33)34-17-8-4-9-18-34/h3-13,15-26,29-30H,14,27-28H2,1-2H3. The van der Waals surface area contributed by atoms with Crippen molar-refractivity contribution in [3.8, 4) is 22.3 Å². The topological polar surface area (TPSA) is 3.24 Å². The molecule has 1 nitrogen and oxygen atoms in total. The molecule has 6 aromatic rings. The van der Waals surface area contributed by atoms with E-state index in [0.717, 1.165) is 0 Å². The summed E-state index contributed by atoms with van der Waals surface area (Å²) in [5.41, 5.74) is 14.5. The molecule has 1 saturated carbocycles. The molecule has 3 aliphatic rings. The van der Waals surface area contributed by atoms with Crippen molar-refractivity contribution < 1.29 is 0 Å². The van der Waals surface area contributed by atoms with E-state index in [1.54, 1.807) is 0 Å². The minimum Gasteiger partial charge on any atom is -0.334 e. The fourth-order valence-corrected chi connectivity index (χ4v) is 9.36. The van der Waals surface area contributed by atoms with Gasteiger partial charge in [0.25, 0.3) is 0 Å². The Hall–Kier alpha value is -4.88. The first kappa shape index (κ1) is 26.5. The zero-order valence-electron chi connectivity index (χ0n) is 26.0. The van der Waals surface area contributed by atoms with Crippen LogP contribution in [0.25, 0.3) is 22.3 Å². The van der Waals surface area contributed by atoms with Crippen molar-refractivity contribution >= 4 is 11.4 Å². The molecule has 1 heterocycles. The third kappa shape index (κ3) is 3.44. The zero-order valence-corrected chi connectivity index (χ0v) is 26.0. The lowest BCUT2D eigenvalue weighted by Crippen LogP contribution is -2.48. The molecule has 1 aliphatic heterocycles. The summed E-state index contributed by atoms with van der Waals surface area (Å²) in [5, 5.41) is 0. The summed E-state index contributed by atoms with van der Waals surface area (Å²) in [6.07, 6.45) is 3.68. The molecule has 0 N–H and O–H groups in total. The fourth-order valence-electron chi connectivity index (χ4n) is 9.36. The van der Waals surface area contributed by atoms with Crippen molar-refractivity contribution in [3.63, 3.8) is 0 Å². The fraction of sp³-hybridized carbons (Fsp3) is 0.182. The van der Waals surface area contributed by atoms with Crippen LogP contribution in [0.3, 0.4) is 0 Å². The summed E-state index contributed by atoms with van der Waals surface area (Å²) < 4.78 is 0. The van der Waals surface area contributed by atoms with Crippen LogP contribution in [0.2, 0.25) is 0 Å². The predicted molar refractivity (Wildman–Crippen MR) is 187 cm³/mol. The molecule has 0 bridgehead atoms. The lowest BCUT2D eigenvalue weighted by Gasteiger charge is -2.42. The molecule has 9 rings (SSSR count). The average molecular weight is 580 g/mol. The van der Waals surface area contributed by atoms with Crippen LogP contribution in [0.1, 0.15) is 60.9 Å². The molecule has 2 unspecified atom stereocenters. The van der Waals surface area contributed by atoms with Gasteiger partial charge in [-0.2, -0.15) is 0 Å². The Balaban J connectivity index is 1.27. The largest absolute Gasteiger partial charge is 0.334 e. The van der Waals surface area contributed by atoms with Crippen molar-refractivity contribution in [3.05, 3.63) is 179 Å². The van der Waals surface area contributed by atoms with Crippen LogP contribution in [0.4, 0.5) is 11.4 Å². The van der Waals surface area contributed by atoms with E-state index in [9.17, 15) is 0 Å². The number of anilines is 2. The van der Waals surface area contributed by atoms with Crippen LogP contribution in [0.5, 0.6) is 0 Å². The maximum absolute atomic E-state index is 2.65. The molecule has 2 aliphatic carbocycles. The van der Waals surface area contributed by atoms with Gasteiger partial charge in [-0.3, -0.25) is 0 Å². The Morgan fingerprint density at radius 1 is 0.489 bits per heavy atom. The third-order valence-corrected chi connectivity index (χ3v) is 11.7. The summed E-state index contributed by atoms with van der Waals surface area (Å²) in [4.78, 5) is 2.65. The number of fused-ring (bicyclic) bond motifs is 6. The highest BCUT2D eigenvalue weighted by molar-refractivity contribution is 5.89. The highest BCUT2D eigenvalue weighted by Gasteiger charge is 2.59. The highest BCUT2D eigenvalue weighted by atomic mass is 15.3. The lowest BCUT2D eigenvalue weighted by molar-refractivity contribution is 0.330. The van der Waals surface area contributed by atoms with Gasteiger partial charge >= 0.3 is 0 Å². The van der Waals surface area contributed by atoms with E-state index < -0.39 is 0 Å². The zero-order chi connectivity index (χ0) is 30.2. The normalized spacial score (nSPS) is 22.0. The molecule has 218 valence electrons. The quantitative estimate of drug-likeness (QED) is 0.200. The van der Waals surface area contributed by atoms with Gasteiger partial charge in [-0.25, -0.2) is 0 Å². The Bertz CT molecular complexity index is 2020. The van der Waals surface area contributed by atoms with E-state index in [0.29, 0.717) is 0 Å². The van der Waals surface area contributed by atoms with Gasteiger partial charge < -0.3 is 4.90 Å². The second kappa shape index (κ2) is 9.56. The van der Waals surface area contributed by atoms with Crippen LogP contribution in [0.15, 0.2) is 152 Å². The van der Waals surface area contributed by atoms with Crippen LogP contribution in [-0.2, 0) is 10.8 Å². The molecule has 45 heavy (non-hydrogen) atoms. The number of nitrogens with zero attached hydrogens (tertiary/aromatic N) is 1. The van der Waals surface area contributed by atoms with E-state index in [4.69, 9.17) is 0 Å². The second-order valence-corrected chi connectivity index (χ2v) is 13.7. The average Bonchev–Trinajstić information content (AvgIpc) is 3.64. The first-order valence-electron chi connectivity index (χ1n) is 16.4. The number of hydrogen-bond donors (Lipinski definition) is 0. The van der Waals surface area contributed by atoms with E-state index in [1.807, 2.05) is 0 Å². The summed E-state index contributed by atoms with van der Waals surface area (Å²) in [7, 11) is 0. The number of rotatable bonds is 4. The molecule has 0 radical (unpaired) electrons. The molecule has 0 amide bonds.